The lowest BCUT2D eigenvalue weighted by atomic mass is 10.1. The summed E-state index contributed by atoms with van der Waals surface area (Å²) >= 11 is 0. The summed E-state index contributed by atoms with van der Waals surface area (Å²) in [5.74, 6) is 0.414. The Morgan fingerprint density at radius 3 is 2.85 bits per heavy atom. The number of amides is 2. The molecule has 8 heteroatoms. The van der Waals surface area contributed by atoms with Crippen LogP contribution in [-0.2, 0) is 9.53 Å². The first-order valence-electron chi connectivity index (χ1n) is 9.17. The van der Waals surface area contributed by atoms with E-state index in [0.717, 1.165) is 18.5 Å². The highest BCUT2D eigenvalue weighted by Crippen LogP contribution is 2.36. The van der Waals surface area contributed by atoms with E-state index in [9.17, 15) is 14.7 Å². The van der Waals surface area contributed by atoms with Gasteiger partial charge in [0.05, 0.1) is 36.9 Å². The summed E-state index contributed by atoms with van der Waals surface area (Å²) in [6.07, 6.45) is 1.90. The molecule has 1 aromatic carbocycles. The molecule has 0 saturated heterocycles. The summed E-state index contributed by atoms with van der Waals surface area (Å²) < 4.78 is 10.7. The zero-order valence-corrected chi connectivity index (χ0v) is 15.8. The Morgan fingerprint density at radius 2 is 2.19 bits per heavy atom. The van der Waals surface area contributed by atoms with Crippen LogP contribution in [0.3, 0.4) is 0 Å². The molecule has 1 aliphatic heterocycles. The van der Waals surface area contributed by atoms with Gasteiger partial charge >= 0.3 is 0 Å². The lowest BCUT2D eigenvalue weighted by molar-refractivity contribution is -0.123. The number of aliphatic hydroxyl groups is 1. The van der Waals surface area contributed by atoms with Gasteiger partial charge in [0, 0.05) is 26.3 Å². The van der Waals surface area contributed by atoms with Crippen LogP contribution in [-0.4, -0.2) is 69.0 Å². The minimum atomic E-state index is -0.420. The van der Waals surface area contributed by atoms with Crippen LogP contribution >= 0.6 is 0 Å². The van der Waals surface area contributed by atoms with Crippen molar-refractivity contribution in [3.63, 3.8) is 0 Å². The second kappa shape index (κ2) is 8.14. The molecule has 3 rings (SSSR count). The van der Waals surface area contributed by atoms with Crippen molar-refractivity contribution < 1.29 is 24.2 Å². The van der Waals surface area contributed by atoms with E-state index < -0.39 is 5.54 Å². The third-order valence-corrected chi connectivity index (χ3v) is 5.15. The molecule has 1 aliphatic carbocycles. The third kappa shape index (κ3) is 4.51. The molecule has 3 N–H and O–H groups in total. The number of carbonyl (C=O) groups is 2. The van der Waals surface area contributed by atoms with Gasteiger partial charge in [0.25, 0.3) is 5.91 Å². The van der Waals surface area contributed by atoms with Gasteiger partial charge in [-0.2, -0.15) is 0 Å². The molecule has 2 aliphatic rings. The number of benzene rings is 1. The Bertz CT molecular complexity index is 705. The van der Waals surface area contributed by atoms with E-state index in [1.54, 1.807) is 25.3 Å². The molecule has 1 saturated carbocycles. The standard InChI is InChI=1S/C19H27N3O5/c1-22-14(10-17(24)21-19(12-23)5-6-19)11-27-16-4-3-13(9-15(16)22)18(25)20-7-8-26-2/h3-4,9,14,23H,5-8,10-12H2,1-2H3,(H,20,25)(H,21,24)/t14-/m0/s1. The summed E-state index contributed by atoms with van der Waals surface area (Å²) in [5, 5.41) is 15.1. The largest absolute Gasteiger partial charge is 0.489 e. The van der Waals surface area contributed by atoms with Gasteiger partial charge < -0.3 is 30.1 Å². The Morgan fingerprint density at radius 1 is 1.41 bits per heavy atom. The van der Waals surface area contributed by atoms with Crippen molar-refractivity contribution >= 4 is 17.5 Å². The average molecular weight is 377 g/mol. The van der Waals surface area contributed by atoms with Gasteiger partial charge in [-0.15, -0.1) is 0 Å². The number of fused-ring (bicyclic) bond motifs is 1. The van der Waals surface area contributed by atoms with Crippen LogP contribution in [0.2, 0.25) is 0 Å². The van der Waals surface area contributed by atoms with Gasteiger partial charge in [0.2, 0.25) is 5.91 Å². The first-order valence-corrected chi connectivity index (χ1v) is 9.17. The number of carbonyl (C=O) groups excluding carboxylic acids is 2. The van der Waals surface area contributed by atoms with Crippen LogP contribution in [0.5, 0.6) is 5.75 Å². The number of hydrogen-bond acceptors (Lipinski definition) is 6. The smallest absolute Gasteiger partial charge is 0.251 e. The molecule has 0 bridgehead atoms. The van der Waals surface area contributed by atoms with Crippen molar-refractivity contribution in [3.05, 3.63) is 23.8 Å². The predicted octanol–water partition coefficient (Wildman–Crippen LogP) is 0.291. The van der Waals surface area contributed by atoms with Crippen LogP contribution < -0.4 is 20.3 Å². The molecule has 27 heavy (non-hydrogen) atoms. The van der Waals surface area contributed by atoms with Crippen LogP contribution in [0.4, 0.5) is 5.69 Å². The fourth-order valence-corrected chi connectivity index (χ4v) is 3.15. The molecule has 0 aromatic heterocycles. The highest BCUT2D eigenvalue weighted by molar-refractivity contribution is 5.95. The van der Waals surface area contributed by atoms with Crippen LogP contribution in [0.1, 0.15) is 29.6 Å². The number of ether oxygens (including phenoxy) is 2. The molecular weight excluding hydrogens is 350 g/mol. The maximum atomic E-state index is 12.3. The van der Waals surface area contributed by atoms with Crippen molar-refractivity contribution in [2.24, 2.45) is 0 Å². The van der Waals surface area contributed by atoms with Gasteiger partial charge in [0.15, 0.2) is 0 Å². The second-order valence-corrected chi connectivity index (χ2v) is 7.20. The fourth-order valence-electron chi connectivity index (χ4n) is 3.15. The van der Waals surface area contributed by atoms with E-state index in [-0.39, 0.29) is 30.9 Å². The lowest BCUT2D eigenvalue weighted by Crippen LogP contribution is -2.47. The average Bonchev–Trinajstić information content (AvgIpc) is 3.44. The van der Waals surface area contributed by atoms with Crippen LogP contribution in [0, 0.1) is 0 Å². The number of nitrogens with zero attached hydrogens (tertiary/aromatic N) is 1. The molecule has 2 amide bonds. The lowest BCUT2D eigenvalue weighted by Gasteiger charge is -2.36. The quantitative estimate of drug-likeness (QED) is 0.563. The Balaban J connectivity index is 1.64. The summed E-state index contributed by atoms with van der Waals surface area (Å²) in [6.45, 7) is 1.25. The summed E-state index contributed by atoms with van der Waals surface area (Å²) in [5.41, 5.74) is 0.889. The van der Waals surface area contributed by atoms with Crippen molar-refractivity contribution in [3.8, 4) is 5.75 Å². The highest BCUT2D eigenvalue weighted by atomic mass is 16.5. The topological polar surface area (TPSA) is 100 Å². The number of likely N-dealkylation sites (N-methyl/N-ethyl adjacent to an activating group) is 1. The van der Waals surface area contributed by atoms with Crippen LogP contribution in [0.15, 0.2) is 18.2 Å². The van der Waals surface area contributed by atoms with Crippen molar-refractivity contribution in [1.29, 1.82) is 0 Å². The maximum absolute atomic E-state index is 12.3. The minimum Gasteiger partial charge on any atom is -0.489 e. The monoisotopic (exact) mass is 377 g/mol. The normalized spacial score (nSPS) is 19.7. The molecule has 0 unspecified atom stereocenters. The molecule has 1 aromatic rings. The predicted molar refractivity (Wildman–Crippen MR) is 100 cm³/mol. The first kappa shape index (κ1) is 19.4. The SMILES string of the molecule is COCCNC(=O)c1ccc2c(c1)N(C)[C@@H](CC(=O)NC1(CO)CC1)CO2. The Labute approximate surface area is 158 Å². The van der Waals surface area contributed by atoms with E-state index in [2.05, 4.69) is 10.6 Å². The first-order chi connectivity index (χ1) is 13.0. The van der Waals surface area contributed by atoms with Crippen molar-refractivity contribution in [1.82, 2.24) is 10.6 Å². The van der Waals surface area contributed by atoms with Crippen molar-refractivity contribution in [2.45, 2.75) is 30.8 Å². The zero-order chi connectivity index (χ0) is 19.4. The number of methoxy groups -OCH3 is 1. The zero-order valence-electron chi connectivity index (χ0n) is 15.8. The highest BCUT2D eigenvalue weighted by Gasteiger charge is 2.43. The molecule has 8 nitrogen and oxygen atoms in total. The molecule has 148 valence electrons. The molecule has 0 radical (unpaired) electrons. The van der Waals surface area contributed by atoms with E-state index in [1.165, 1.54) is 0 Å². The molecule has 1 atom stereocenters. The molecular formula is C19H27N3O5. The molecule has 0 spiro atoms. The van der Waals surface area contributed by atoms with E-state index >= 15 is 0 Å². The van der Waals surface area contributed by atoms with Crippen LogP contribution in [0.25, 0.3) is 0 Å². The fraction of sp³-hybridized carbons (Fsp3) is 0.579. The maximum Gasteiger partial charge on any atom is 0.251 e. The number of aliphatic hydroxyl groups excluding tert-OH is 1. The number of anilines is 1. The van der Waals surface area contributed by atoms with E-state index in [4.69, 9.17) is 9.47 Å². The van der Waals surface area contributed by atoms with Gasteiger partial charge in [0.1, 0.15) is 12.4 Å². The van der Waals surface area contributed by atoms with E-state index in [1.807, 2.05) is 11.9 Å². The summed E-state index contributed by atoms with van der Waals surface area (Å²) in [4.78, 5) is 26.6. The van der Waals surface area contributed by atoms with Gasteiger partial charge in [-0.25, -0.2) is 0 Å². The molecule has 1 heterocycles. The number of hydrogen-bond donors (Lipinski definition) is 3. The second-order valence-electron chi connectivity index (χ2n) is 7.20. The van der Waals surface area contributed by atoms with Gasteiger partial charge in [-0.3, -0.25) is 9.59 Å². The van der Waals surface area contributed by atoms with Gasteiger partial charge in [-0.05, 0) is 31.0 Å². The third-order valence-electron chi connectivity index (χ3n) is 5.15. The van der Waals surface area contributed by atoms with E-state index in [0.29, 0.717) is 31.1 Å². The summed E-state index contributed by atoms with van der Waals surface area (Å²) in [6, 6.07) is 5.13. The minimum absolute atomic E-state index is 0.0277. The Hall–Kier alpha value is -2.32. The number of nitrogens with one attached hydrogen (secondary N) is 2. The summed E-state index contributed by atoms with van der Waals surface area (Å²) in [7, 11) is 3.48. The Kier molecular flexibility index (Phi) is 5.86. The molecule has 1 fully saturated rings. The van der Waals surface area contributed by atoms with Crippen molar-refractivity contribution in [2.75, 3.05) is 45.4 Å². The number of rotatable bonds is 8. The van der Waals surface area contributed by atoms with Gasteiger partial charge in [-0.1, -0.05) is 0 Å².